The third kappa shape index (κ3) is 7.30. The smallest absolute Gasteiger partial charge is 0.335 e. The third-order valence-corrected chi connectivity index (χ3v) is 4.19. The summed E-state index contributed by atoms with van der Waals surface area (Å²) in [6, 6.07) is 3.45. The van der Waals surface area contributed by atoms with Gasteiger partial charge in [0.2, 0.25) is 0 Å². The number of allylic oxidation sites excluding steroid dienone is 6. The maximum atomic E-state index is 11.5. The number of hydrogen-bond acceptors (Lipinski definition) is 2. The van der Waals surface area contributed by atoms with Gasteiger partial charge in [0, 0.05) is 0 Å². The van der Waals surface area contributed by atoms with Gasteiger partial charge in [-0.3, -0.25) is 0 Å². The summed E-state index contributed by atoms with van der Waals surface area (Å²) in [6.45, 7) is 10.4. The van der Waals surface area contributed by atoms with Crippen LogP contribution in [-0.4, -0.2) is 18.2 Å². The number of carboxylic acids is 1. The Morgan fingerprint density at radius 3 is 1.96 bits per heavy atom. The Morgan fingerprint density at radius 2 is 1.50 bits per heavy atom. The predicted octanol–water partition coefficient (Wildman–Crippen LogP) is 6.14. The van der Waals surface area contributed by atoms with Crippen LogP contribution in [0.1, 0.15) is 68.9 Å². The molecule has 0 aromatic heterocycles. The Morgan fingerprint density at radius 1 is 0.962 bits per heavy atom. The van der Waals surface area contributed by atoms with Crippen LogP contribution in [0.2, 0.25) is 0 Å². The van der Waals surface area contributed by atoms with Crippen molar-refractivity contribution in [3.63, 3.8) is 0 Å². The van der Waals surface area contributed by atoms with E-state index in [1.807, 2.05) is 13.8 Å². The van der Waals surface area contributed by atoms with Gasteiger partial charge >= 0.3 is 5.97 Å². The third-order valence-electron chi connectivity index (χ3n) is 4.19. The number of methoxy groups -OCH3 is 1. The average molecular weight is 357 g/mol. The van der Waals surface area contributed by atoms with Crippen LogP contribution in [-0.2, 0) is 12.8 Å². The topological polar surface area (TPSA) is 46.5 Å². The van der Waals surface area contributed by atoms with Gasteiger partial charge in [-0.1, -0.05) is 34.9 Å². The van der Waals surface area contributed by atoms with E-state index in [1.54, 1.807) is 19.2 Å². The minimum Gasteiger partial charge on any atom is -0.496 e. The minimum absolute atomic E-state index is 0.313. The van der Waals surface area contributed by atoms with Gasteiger partial charge in [-0.15, -0.1) is 0 Å². The van der Waals surface area contributed by atoms with E-state index in [9.17, 15) is 9.90 Å². The largest absolute Gasteiger partial charge is 0.496 e. The fraction of sp³-hybridized carbons (Fsp3) is 0.435. The fourth-order valence-electron chi connectivity index (χ4n) is 2.73. The molecule has 1 N–H and O–H groups in total. The van der Waals surface area contributed by atoms with Crippen LogP contribution in [0.3, 0.4) is 0 Å². The molecule has 0 atom stereocenters. The van der Waals surface area contributed by atoms with Crippen molar-refractivity contribution in [2.24, 2.45) is 0 Å². The van der Waals surface area contributed by atoms with Crippen LogP contribution in [0, 0.1) is 0 Å². The lowest BCUT2D eigenvalue weighted by Gasteiger charge is -2.14. The van der Waals surface area contributed by atoms with E-state index in [2.05, 4.69) is 39.0 Å². The zero-order chi connectivity index (χ0) is 19.7. The summed E-state index contributed by atoms with van der Waals surface area (Å²) in [6.07, 6.45) is 9.89. The van der Waals surface area contributed by atoms with Crippen molar-refractivity contribution in [3.8, 4) is 5.75 Å². The summed E-state index contributed by atoms with van der Waals surface area (Å²) < 4.78 is 5.63. The van der Waals surface area contributed by atoms with E-state index >= 15 is 0 Å². The van der Waals surface area contributed by atoms with E-state index in [0.717, 1.165) is 29.7 Å². The lowest BCUT2D eigenvalue weighted by atomic mass is 9.97. The molecule has 0 heterocycles. The van der Waals surface area contributed by atoms with Crippen LogP contribution in [0.25, 0.3) is 0 Å². The summed E-state index contributed by atoms with van der Waals surface area (Å²) in [7, 11) is 1.65. The molecule has 0 saturated carbocycles. The lowest BCUT2D eigenvalue weighted by Crippen LogP contribution is -2.04. The summed E-state index contributed by atoms with van der Waals surface area (Å²) in [5.74, 6) is -0.113. The molecule has 0 aliphatic heterocycles. The summed E-state index contributed by atoms with van der Waals surface area (Å²) in [5.41, 5.74) is 5.98. The highest BCUT2D eigenvalue weighted by molar-refractivity contribution is 5.88. The molecule has 3 nitrogen and oxygen atoms in total. The zero-order valence-electron chi connectivity index (χ0n) is 17.0. The Hall–Kier alpha value is -2.29. The van der Waals surface area contributed by atoms with Crippen molar-refractivity contribution in [2.75, 3.05) is 7.11 Å². The highest BCUT2D eigenvalue weighted by Gasteiger charge is 2.14. The minimum atomic E-state index is -0.906. The van der Waals surface area contributed by atoms with E-state index in [4.69, 9.17) is 4.74 Å². The highest BCUT2D eigenvalue weighted by atomic mass is 16.5. The first kappa shape index (κ1) is 21.8. The predicted molar refractivity (Wildman–Crippen MR) is 109 cm³/mol. The molecule has 26 heavy (non-hydrogen) atoms. The van der Waals surface area contributed by atoms with E-state index in [1.165, 1.54) is 16.7 Å². The summed E-state index contributed by atoms with van der Waals surface area (Å²) >= 11 is 0. The number of benzene rings is 1. The molecule has 0 fully saturated rings. The van der Waals surface area contributed by atoms with E-state index in [0.29, 0.717) is 18.4 Å². The second kappa shape index (κ2) is 10.6. The fourth-order valence-corrected chi connectivity index (χ4v) is 2.73. The quantitative estimate of drug-likeness (QED) is 0.541. The van der Waals surface area contributed by atoms with Gasteiger partial charge in [-0.05, 0) is 83.6 Å². The standard InChI is InChI=1S/C23H32O3/c1-16(2)8-7-9-18(5)11-13-20-15-21(23(24)25)14-19(22(20)26-6)12-10-17(3)4/h8,10-11,14-15H,7,9,12-13H2,1-6H3,(H,24,25)/b18-11+. The average Bonchev–Trinajstić information content (AvgIpc) is 2.56. The number of aromatic carboxylic acids is 1. The van der Waals surface area contributed by atoms with Gasteiger partial charge in [0.05, 0.1) is 12.7 Å². The monoisotopic (exact) mass is 356 g/mol. The van der Waals surface area contributed by atoms with Crippen LogP contribution >= 0.6 is 0 Å². The number of ether oxygens (including phenoxy) is 1. The number of rotatable bonds is 9. The second-order valence-corrected chi connectivity index (χ2v) is 7.19. The Balaban J connectivity index is 3.13. The zero-order valence-corrected chi connectivity index (χ0v) is 17.0. The van der Waals surface area contributed by atoms with Crippen molar-refractivity contribution in [1.29, 1.82) is 0 Å². The Labute approximate surface area is 158 Å². The summed E-state index contributed by atoms with van der Waals surface area (Å²) in [5, 5.41) is 9.44. The van der Waals surface area contributed by atoms with Crippen molar-refractivity contribution < 1.29 is 14.6 Å². The van der Waals surface area contributed by atoms with Gasteiger partial charge in [0.1, 0.15) is 5.75 Å². The Bertz CT molecular complexity index is 713. The molecule has 0 spiro atoms. The van der Waals surface area contributed by atoms with E-state index < -0.39 is 5.97 Å². The molecule has 0 aliphatic rings. The van der Waals surface area contributed by atoms with Crippen LogP contribution in [0.5, 0.6) is 5.75 Å². The first-order chi connectivity index (χ1) is 12.2. The van der Waals surface area contributed by atoms with E-state index in [-0.39, 0.29) is 0 Å². The summed E-state index contributed by atoms with van der Waals surface area (Å²) in [4.78, 5) is 11.5. The number of carboxylic acid groups (broad SMARTS) is 1. The van der Waals surface area contributed by atoms with Gasteiger partial charge in [-0.2, -0.15) is 0 Å². The maximum absolute atomic E-state index is 11.5. The molecular weight excluding hydrogens is 324 g/mol. The molecule has 0 saturated heterocycles. The van der Waals surface area contributed by atoms with Crippen molar-refractivity contribution >= 4 is 5.97 Å². The van der Waals surface area contributed by atoms with Gasteiger partial charge in [0.15, 0.2) is 0 Å². The molecule has 0 radical (unpaired) electrons. The lowest BCUT2D eigenvalue weighted by molar-refractivity contribution is 0.0696. The SMILES string of the molecule is COc1c(CC=C(C)C)cc(C(=O)O)cc1C/C=C(\C)CCC=C(C)C. The van der Waals surface area contributed by atoms with Gasteiger partial charge in [0.25, 0.3) is 0 Å². The second-order valence-electron chi connectivity index (χ2n) is 7.19. The normalized spacial score (nSPS) is 11.1. The first-order valence-corrected chi connectivity index (χ1v) is 9.10. The highest BCUT2D eigenvalue weighted by Crippen LogP contribution is 2.28. The van der Waals surface area contributed by atoms with Gasteiger partial charge < -0.3 is 9.84 Å². The molecule has 0 amide bonds. The number of hydrogen-bond donors (Lipinski definition) is 1. The van der Waals surface area contributed by atoms with Crippen molar-refractivity contribution in [3.05, 3.63) is 63.8 Å². The molecular formula is C23H32O3. The number of carbonyl (C=O) groups is 1. The van der Waals surface area contributed by atoms with Crippen LogP contribution < -0.4 is 4.74 Å². The molecule has 142 valence electrons. The first-order valence-electron chi connectivity index (χ1n) is 9.10. The molecule has 3 heteroatoms. The van der Waals surface area contributed by atoms with Crippen LogP contribution in [0.4, 0.5) is 0 Å². The maximum Gasteiger partial charge on any atom is 0.335 e. The molecule has 0 bridgehead atoms. The molecule has 0 aliphatic carbocycles. The molecule has 1 rings (SSSR count). The molecule has 0 unspecified atom stereocenters. The van der Waals surface area contributed by atoms with Gasteiger partial charge in [-0.25, -0.2) is 4.79 Å². The molecule has 1 aromatic rings. The van der Waals surface area contributed by atoms with Crippen molar-refractivity contribution in [2.45, 2.75) is 60.3 Å². The molecule has 1 aromatic carbocycles. The Kier molecular flexibility index (Phi) is 8.91. The van der Waals surface area contributed by atoms with Crippen LogP contribution in [0.15, 0.2) is 47.1 Å². The van der Waals surface area contributed by atoms with Crippen molar-refractivity contribution in [1.82, 2.24) is 0 Å².